The number of nitrogens with zero attached hydrogens (tertiary/aromatic N) is 1. The fraction of sp³-hybridized carbons (Fsp3) is 0.200. The van der Waals surface area contributed by atoms with Crippen LogP contribution in [0.25, 0.3) is 0 Å². The highest BCUT2D eigenvalue weighted by atomic mass is 19.1. The standard InChI is InChI=1S/C20H19FN2O2/c1-3-20(25)23(14-19(24)22-2)13-18(15-7-5-4-6-8-15)16-9-11-17(21)12-10-16/h1,4-12,18H,13-14H2,2H3,(H,22,24). The molecule has 2 aromatic rings. The normalized spacial score (nSPS) is 11.2. The van der Waals surface area contributed by atoms with Gasteiger partial charge < -0.3 is 10.2 Å². The molecule has 1 atom stereocenters. The second-order valence-electron chi connectivity index (χ2n) is 5.52. The highest BCUT2D eigenvalue weighted by molar-refractivity contribution is 5.95. The zero-order valence-electron chi connectivity index (χ0n) is 13.9. The minimum Gasteiger partial charge on any atom is -0.358 e. The van der Waals surface area contributed by atoms with Crippen LogP contribution in [0.2, 0.25) is 0 Å². The smallest absolute Gasteiger partial charge is 0.298 e. The molecule has 128 valence electrons. The van der Waals surface area contributed by atoms with Gasteiger partial charge in [0.15, 0.2) is 0 Å². The number of hydrogen-bond donors (Lipinski definition) is 1. The fourth-order valence-corrected chi connectivity index (χ4v) is 2.57. The molecule has 2 rings (SSSR count). The molecule has 0 heterocycles. The average molecular weight is 338 g/mol. The van der Waals surface area contributed by atoms with Crippen LogP contribution in [0.4, 0.5) is 4.39 Å². The lowest BCUT2D eigenvalue weighted by molar-refractivity contribution is -0.131. The first kappa shape index (κ1) is 18.2. The molecule has 0 bridgehead atoms. The van der Waals surface area contributed by atoms with E-state index in [4.69, 9.17) is 6.42 Å². The predicted molar refractivity (Wildman–Crippen MR) is 94.2 cm³/mol. The third-order valence-corrected chi connectivity index (χ3v) is 3.90. The number of likely N-dealkylation sites (N-methyl/N-ethyl adjacent to an activating group) is 1. The Morgan fingerprint density at radius 3 is 2.28 bits per heavy atom. The molecule has 1 N–H and O–H groups in total. The van der Waals surface area contributed by atoms with Gasteiger partial charge >= 0.3 is 0 Å². The summed E-state index contributed by atoms with van der Waals surface area (Å²) in [4.78, 5) is 25.1. The first-order valence-corrected chi connectivity index (χ1v) is 7.81. The number of amides is 2. The van der Waals surface area contributed by atoms with Gasteiger partial charge in [-0.25, -0.2) is 4.39 Å². The molecule has 0 spiro atoms. The van der Waals surface area contributed by atoms with Crippen molar-refractivity contribution in [1.82, 2.24) is 10.2 Å². The van der Waals surface area contributed by atoms with Gasteiger partial charge in [-0.3, -0.25) is 9.59 Å². The number of rotatable bonds is 6. The van der Waals surface area contributed by atoms with Gasteiger partial charge in [-0.05, 0) is 29.2 Å². The Morgan fingerprint density at radius 2 is 1.72 bits per heavy atom. The van der Waals surface area contributed by atoms with Gasteiger partial charge in [0.1, 0.15) is 12.4 Å². The number of carbonyl (C=O) groups is 2. The van der Waals surface area contributed by atoms with E-state index in [0.29, 0.717) is 0 Å². The molecular formula is C20H19FN2O2. The van der Waals surface area contributed by atoms with E-state index in [1.165, 1.54) is 24.1 Å². The van der Waals surface area contributed by atoms with Gasteiger partial charge in [0.25, 0.3) is 5.91 Å². The molecule has 0 aliphatic rings. The van der Waals surface area contributed by atoms with Gasteiger partial charge in [-0.1, -0.05) is 42.5 Å². The highest BCUT2D eigenvalue weighted by Gasteiger charge is 2.22. The zero-order chi connectivity index (χ0) is 18.2. The maximum absolute atomic E-state index is 13.3. The molecule has 0 saturated carbocycles. The number of nitrogens with one attached hydrogen (secondary N) is 1. The number of halogens is 1. The highest BCUT2D eigenvalue weighted by Crippen LogP contribution is 2.26. The van der Waals surface area contributed by atoms with Crippen LogP contribution in [-0.4, -0.2) is 36.9 Å². The van der Waals surface area contributed by atoms with Crippen molar-refractivity contribution in [2.45, 2.75) is 5.92 Å². The van der Waals surface area contributed by atoms with Crippen molar-refractivity contribution in [2.24, 2.45) is 0 Å². The molecule has 25 heavy (non-hydrogen) atoms. The Kier molecular flexibility index (Phi) is 6.30. The van der Waals surface area contributed by atoms with E-state index in [0.717, 1.165) is 11.1 Å². The summed E-state index contributed by atoms with van der Waals surface area (Å²) >= 11 is 0. The SMILES string of the molecule is C#CC(=O)N(CC(=O)NC)CC(c1ccccc1)c1ccc(F)cc1. The number of benzene rings is 2. The molecule has 2 aromatic carbocycles. The monoisotopic (exact) mass is 338 g/mol. The van der Waals surface area contributed by atoms with Gasteiger partial charge in [0.2, 0.25) is 5.91 Å². The second-order valence-corrected chi connectivity index (χ2v) is 5.52. The third-order valence-electron chi connectivity index (χ3n) is 3.90. The largest absolute Gasteiger partial charge is 0.358 e. The molecule has 4 nitrogen and oxygen atoms in total. The van der Waals surface area contributed by atoms with Gasteiger partial charge in [-0.2, -0.15) is 0 Å². The van der Waals surface area contributed by atoms with Crippen LogP contribution in [0, 0.1) is 18.2 Å². The van der Waals surface area contributed by atoms with Crippen LogP contribution in [-0.2, 0) is 9.59 Å². The molecular weight excluding hydrogens is 319 g/mol. The molecule has 1 unspecified atom stereocenters. The zero-order valence-corrected chi connectivity index (χ0v) is 13.9. The maximum Gasteiger partial charge on any atom is 0.298 e. The summed E-state index contributed by atoms with van der Waals surface area (Å²) in [6, 6.07) is 15.6. The number of carbonyl (C=O) groups excluding carboxylic acids is 2. The summed E-state index contributed by atoms with van der Waals surface area (Å²) in [6.07, 6.45) is 5.24. The molecule has 0 radical (unpaired) electrons. The lowest BCUT2D eigenvalue weighted by Gasteiger charge is -2.26. The van der Waals surface area contributed by atoms with Crippen molar-refractivity contribution >= 4 is 11.8 Å². The van der Waals surface area contributed by atoms with E-state index in [2.05, 4.69) is 11.2 Å². The lowest BCUT2D eigenvalue weighted by atomic mass is 9.90. The molecule has 0 saturated heterocycles. The number of terminal acetylenes is 1. The fourth-order valence-electron chi connectivity index (χ4n) is 2.57. The lowest BCUT2D eigenvalue weighted by Crippen LogP contribution is -2.41. The Bertz CT molecular complexity index is 767. The maximum atomic E-state index is 13.3. The van der Waals surface area contributed by atoms with E-state index in [-0.39, 0.29) is 30.7 Å². The summed E-state index contributed by atoms with van der Waals surface area (Å²) in [5.74, 6) is 0.617. The molecule has 0 aromatic heterocycles. The van der Waals surface area contributed by atoms with Crippen LogP contribution < -0.4 is 5.32 Å². The topological polar surface area (TPSA) is 49.4 Å². The summed E-state index contributed by atoms with van der Waals surface area (Å²) in [5.41, 5.74) is 1.78. The quantitative estimate of drug-likeness (QED) is 0.821. The summed E-state index contributed by atoms with van der Waals surface area (Å²) in [7, 11) is 1.50. The van der Waals surface area contributed by atoms with E-state index < -0.39 is 5.91 Å². The molecule has 5 heteroatoms. The summed E-state index contributed by atoms with van der Waals surface area (Å²) in [5, 5.41) is 2.48. The first-order valence-electron chi connectivity index (χ1n) is 7.81. The Balaban J connectivity index is 2.37. The Labute approximate surface area is 146 Å². The van der Waals surface area contributed by atoms with Crippen molar-refractivity contribution in [3.8, 4) is 12.3 Å². The number of hydrogen-bond acceptors (Lipinski definition) is 2. The molecule has 0 aliphatic heterocycles. The van der Waals surface area contributed by atoms with Crippen molar-refractivity contribution < 1.29 is 14.0 Å². The minimum absolute atomic E-state index is 0.135. The molecule has 0 aliphatic carbocycles. The van der Waals surface area contributed by atoms with Crippen LogP contribution in [0.1, 0.15) is 17.0 Å². The predicted octanol–water partition coefficient (Wildman–Crippen LogP) is 2.17. The molecule has 2 amide bonds. The van der Waals surface area contributed by atoms with E-state index >= 15 is 0 Å². The van der Waals surface area contributed by atoms with Crippen LogP contribution in [0.15, 0.2) is 54.6 Å². The Hall–Kier alpha value is -3.13. The van der Waals surface area contributed by atoms with Gasteiger partial charge in [0, 0.05) is 19.5 Å². The van der Waals surface area contributed by atoms with Crippen molar-refractivity contribution in [2.75, 3.05) is 20.1 Å². The second kappa shape index (κ2) is 8.65. The minimum atomic E-state index is -0.563. The first-order chi connectivity index (χ1) is 12.0. The van der Waals surface area contributed by atoms with E-state index in [9.17, 15) is 14.0 Å². The van der Waals surface area contributed by atoms with E-state index in [1.54, 1.807) is 12.1 Å². The van der Waals surface area contributed by atoms with Crippen molar-refractivity contribution in [1.29, 1.82) is 0 Å². The van der Waals surface area contributed by atoms with Crippen LogP contribution in [0.3, 0.4) is 0 Å². The third kappa shape index (κ3) is 4.92. The van der Waals surface area contributed by atoms with Crippen molar-refractivity contribution in [3.63, 3.8) is 0 Å². The average Bonchev–Trinajstić information content (AvgIpc) is 2.65. The Morgan fingerprint density at radius 1 is 1.12 bits per heavy atom. The van der Waals surface area contributed by atoms with Crippen molar-refractivity contribution in [3.05, 3.63) is 71.5 Å². The summed E-state index contributed by atoms with van der Waals surface area (Å²) in [6.45, 7) is 0.0795. The van der Waals surface area contributed by atoms with Crippen LogP contribution in [0.5, 0.6) is 0 Å². The van der Waals surface area contributed by atoms with Gasteiger partial charge in [0.05, 0.1) is 0 Å². The molecule has 0 fully saturated rings. The summed E-state index contributed by atoms with van der Waals surface area (Å²) < 4.78 is 13.3. The van der Waals surface area contributed by atoms with Crippen LogP contribution >= 0.6 is 0 Å². The van der Waals surface area contributed by atoms with Gasteiger partial charge in [-0.15, -0.1) is 6.42 Å². The van der Waals surface area contributed by atoms with E-state index in [1.807, 2.05) is 30.3 Å².